The van der Waals surface area contributed by atoms with Gasteiger partial charge in [0.1, 0.15) is 6.61 Å². The lowest BCUT2D eigenvalue weighted by molar-refractivity contribution is -0.145. The number of hydrogen-bond acceptors (Lipinski definition) is 6. The molecule has 0 aromatic heterocycles. The van der Waals surface area contributed by atoms with E-state index in [1.54, 1.807) is 0 Å². The van der Waals surface area contributed by atoms with Crippen LogP contribution in [0.15, 0.2) is 0 Å². The Morgan fingerprint density at radius 1 is 0.333 bits per heavy atom. The number of carbonyl (C=O) groups is 1. The molecule has 0 fully saturated rings. The van der Waals surface area contributed by atoms with Crippen molar-refractivity contribution < 1.29 is 28.5 Å². The molecular formula is C36H72O6. The van der Waals surface area contributed by atoms with Crippen LogP contribution < -0.4 is 0 Å². The molecule has 0 aliphatic rings. The number of rotatable bonds is 37. The zero-order valence-electron chi connectivity index (χ0n) is 28.3. The number of unbranched alkanes of at least 4 members (excludes halogenated alkanes) is 21. The van der Waals surface area contributed by atoms with Crippen LogP contribution in [0, 0.1) is 0 Å². The lowest BCUT2D eigenvalue weighted by atomic mass is 10.0. The largest absolute Gasteiger partial charge is 0.463 e. The molecule has 0 saturated carbocycles. The molecule has 0 bridgehead atoms. The van der Waals surface area contributed by atoms with E-state index in [2.05, 4.69) is 13.8 Å². The van der Waals surface area contributed by atoms with Crippen molar-refractivity contribution in [1.82, 2.24) is 0 Å². The molecule has 0 aliphatic heterocycles. The van der Waals surface area contributed by atoms with Crippen molar-refractivity contribution in [2.75, 3.05) is 59.5 Å². The summed E-state index contributed by atoms with van der Waals surface area (Å²) in [5.74, 6) is -0.112. The van der Waals surface area contributed by atoms with Crippen LogP contribution in [-0.4, -0.2) is 65.4 Å². The van der Waals surface area contributed by atoms with Crippen molar-refractivity contribution in [2.45, 2.75) is 168 Å². The third kappa shape index (κ3) is 37.3. The molecule has 0 rings (SSSR count). The summed E-state index contributed by atoms with van der Waals surface area (Å²) in [6, 6.07) is 0. The van der Waals surface area contributed by atoms with E-state index in [4.69, 9.17) is 23.7 Å². The molecule has 6 nitrogen and oxygen atoms in total. The first-order valence-electron chi connectivity index (χ1n) is 18.3. The Balaban J connectivity index is 3.11. The van der Waals surface area contributed by atoms with E-state index in [-0.39, 0.29) is 5.97 Å². The fraction of sp³-hybridized carbons (Fsp3) is 0.972. The molecule has 0 N–H and O–H groups in total. The summed E-state index contributed by atoms with van der Waals surface area (Å²) < 4.78 is 27.4. The maximum absolute atomic E-state index is 11.8. The first-order chi connectivity index (χ1) is 20.8. The van der Waals surface area contributed by atoms with Gasteiger partial charge in [-0.2, -0.15) is 0 Å². The predicted molar refractivity (Wildman–Crippen MR) is 176 cm³/mol. The highest BCUT2D eigenvalue weighted by Gasteiger charge is 2.03. The van der Waals surface area contributed by atoms with E-state index >= 15 is 0 Å². The van der Waals surface area contributed by atoms with E-state index in [0.29, 0.717) is 59.3 Å². The summed E-state index contributed by atoms with van der Waals surface area (Å²) in [6.07, 6.45) is 31.1. The molecule has 0 atom stereocenters. The second-order valence-corrected chi connectivity index (χ2v) is 11.8. The van der Waals surface area contributed by atoms with Crippen LogP contribution in [0.25, 0.3) is 0 Å². The highest BCUT2D eigenvalue weighted by molar-refractivity contribution is 5.69. The van der Waals surface area contributed by atoms with Crippen LogP contribution >= 0.6 is 0 Å². The molecule has 0 spiro atoms. The third-order valence-corrected chi connectivity index (χ3v) is 7.73. The van der Waals surface area contributed by atoms with Crippen LogP contribution in [0.4, 0.5) is 0 Å². The Kier molecular flexibility index (Phi) is 37.7. The molecule has 0 heterocycles. The standard InChI is InChI=1S/C36H72O6/c1-3-5-7-9-11-13-14-15-16-17-19-21-23-25-27-38-28-29-39-30-31-40-32-33-41-34-35-42-36(37)26-24-22-20-18-12-10-8-6-4-2/h3-35H2,1-2H3. The Morgan fingerprint density at radius 2 is 0.619 bits per heavy atom. The predicted octanol–water partition coefficient (Wildman–Crippen LogP) is 10.00. The molecular weight excluding hydrogens is 528 g/mol. The molecule has 6 heteroatoms. The Bertz CT molecular complexity index is 501. The molecule has 0 saturated heterocycles. The quantitative estimate of drug-likeness (QED) is 0.0522. The van der Waals surface area contributed by atoms with E-state index in [1.807, 2.05) is 0 Å². The van der Waals surface area contributed by atoms with Gasteiger partial charge in [-0.1, -0.05) is 149 Å². The van der Waals surface area contributed by atoms with Crippen LogP contribution in [-0.2, 0) is 28.5 Å². The second-order valence-electron chi connectivity index (χ2n) is 11.8. The van der Waals surface area contributed by atoms with Gasteiger partial charge >= 0.3 is 5.97 Å². The Hall–Kier alpha value is -0.690. The van der Waals surface area contributed by atoms with Gasteiger partial charge in [-0.3, -0.25) is 4.79 Å². The van der Waals surface area contributed by atoms with Crippen molar-refractivity contribution in [3.8, 4) is 0 Å². The number of esters is 1. The minimum atomic E-state index is -0.112. The maximum Gasteiger partial charge on any atom is 0.305 e. The summed E-state index contributed by atoms with van der Waals surface area (Å²) in [4.78, 5) is 11.8. The second kappa shape index (κ2) is 38.3. The zero-order chi connectivity index (χ0) is 30.4. The van der Waals surface area contributed by atoms with Crippen LogP contribution in [0.2, 0.25) is 0 Å². The molecule has 0 radical (unpaired) electrons. The summed E-state index contributed by atoms with van der Waals surface area (Å²) in [5.41, 5.74) is 0. The van der Waals surface area contributed by atoms with Gasteiger partial charge in [0, 0.05) is 13.0 Å². The van der Waals surface area contributed by atoms with E-state index in [9.17, 15) is 4.79 Å². The lowest BCUT2D eigenvalue weighted by Gasteiger charge is -2.08. The van der Waals surface area contributed by atoms with E-state index in [0.717, 1.165) is 25.9 Å². The minimum Gasteiger partial charge on any atom is -0.463 e. The first kappa shape index (κ1) is 41.3. The van der Waals surface area contributed by atoms with Crippen molar-refractivity contribution in [3.63, 3.8) is 0 Å². The fourth-order valence-corrected chi connectivity index (χ4v) is 5.03. The minimum absolute atomic E-state index is 0.112. The van der Waals surface area contributed by atoms with Crippen LogP contribution in [0.3, 0.4) is 0 Å². The monoisotopic (exact) mass is 601 g/mol. The number of ether oxygens (including phenoxy) is 5. The van der Waals surface area contributed by atoms with Gasteiger partial charge in [0.05, 0.1) is 46.2 Å². The van der Waals surface area contributed by atoms with Crippen molar-refractivity contribution in [2.24, 2.45) is 0 Å². The van der Waals surface area contributed by atoms with Crippen LogP contribution in [0.5, 0.6) is 0 Å². The van der Waals surface area contributed by atoms with Crippen molar-refractivity contribution in [1.29, 1.82) is 0 Å². The number of hydrogen-bond donors (Lipinski definition) is 0. The summed E-state index contributed by atoms with van der Waals surface area (Å²) in [6.45, 7) is 9.51. The smallest absolute Gasteiger partial charge is 0.305 e. The zero-order valence-corrected chi connectivity index (χ0v) is 28.3. The molecule has 252 valence electrons. The van der Waals surface area contributed by atoms with Crippen LogP contribution in [0.1, 0.15) is 168 Å². The summed E-state index contributed by atoms with van der Waals surface area (Å²) in [5, 5.41) is 0. The normalized spacial score (nSPS) is 11.4. The fourth-order valence-electron chi connectivity index (χ4n) is 5.03. The molecule has 42 heavy (non-hydrogen) atoms. The third-order valence-electron chi connectivity index (χ3n) is 7.73. The van der Waals surface area contributed by atoms with Gasteiger partial charge in [0.15, 0.2) is 0 Å². The lowest BCUT2D eigenvalue weighted by Crippen LogP contribution is -2.14. The topological polar surface area (TPSA) is 63.2 Å². The summed E-state index contributed by atoms with van der Waals surface area (Å²) in [7, 11) is 0. The van der Waals surface area contributed by atoms with Gasteiger partial charge in [-0.25, -0.2) is 0 Å². The Labute approximate surface area is 261 Å². The van der Waals surface area contributed by atoms with Gasteiger partial charge in [0.25, 0.3) is 0 Å². The van der Waals surface area contributed by atoms with Gasteiger partial charge in [-0.15, -0.1) is 0 Å². The maximum atomic E-state index is 11.8. The highest BCUT2D eigenvalue weighted by Crippen LogP contribution is 2.13. The molecule has 0 aromatic rings. The van der Waals surface area contributed by atoms with Gasteiger partial charge < -0.3 is 23.7 Å². The van der Waals surface area contributed by atoms with E-state index < -0.39 is 0 Å². The average molecular weight is 601 g/mol. The molecule has 0 amide bonds. The van der Waals surface area contributed by atoms with Gasteiger partial charge in [0.2, 0.25) is 0 Å². The molecule has 0 aromatic carbocycles. The highest BCUT2D eigenvalue weighted by atomic mass is 16.6. The summed E-state index contributed by atoms with van der Waals surface area (Å²) >= 11 is 0. The molecule has 0 unspecified atom stereocenters. The van der Waals surface area contributed by atoms with Gasteiger partial charge in [-0.05, 0) is 12.8 Å². The SMILES string of the molecule is CCCCCCCCCCCCCCCCOCCOCCOCCOCCOC(=O)CCCCCCCCCCC. The average Bonchev–Trinajstić information content (AvgIpc) is 3.00. The van der Waals surface area contributed by atoms with E-state index in [1.165, 1.54) is 128 Å². The first-order valence-corrected chi connectivity index (χ1v) is 18.3. The van der Waals surface area contributed by atoms with Crippen molar-refractivity contribution in [3.05, 3.63) is 0 Å². The number of carbonyl (C=O) groups excluding carboxylic acids is 1. The Morgan fingerprint density at radius 3 is 1.00 bits per heavy atom. The molecule has 0 aliphatic carbocycles. The van der Waals surface area contributed by atoms with Crippen molar-refractivity contribution >= 4 is 5.97 Å².